The minimum absolute atomic E-state index is 0.126. The van der Waals surface area contributed by atoms with Crippen LogP contribution in [0.2, 0.25) is 0 Å². The van der Waals surface area contributed by atoms with Gasteiger partial charge < -0.3 is 23.5 Å². The van der Waals surface area contributed by atoms with E-state index in [4.69, 9.17) is 9.47 Å². The summed E-state index contributed by atoms with van der Waals surface area (Å²) in [4.78, 5) is 2.28. The van der Waals surface area contributed by atoms with E-state index in [1.54, 1.807) is 0 Å². The average Bonchev–Trinajstić information content (AvgIpc) is 3.96. The predicted molar refractivity (Wildman–Crippen MR) is 298 cm³/mol. The molecule has 6 heteroatoms. The lowest BCUT2D eigenvalue weighted by atomic mass is 9.34. The van der Waals surface area contributed by atoms with Gasteiger partial charge in [0.25, 0.3) is 6.71 Å². The largest absolute Gasteiger partial charge is 0.458 e. The van der Waals surface area contributed by atoms with Crippen LogP contribution >= 0.6 is 0 Å². The number of benzene rings is 11. The van der Waals surface area contributed by atoms with Crippen molar-refractivity contribution in [1.29, 1.82) is 0 Å². The molecule has 0 amide bonds. The Balaban J connectivity index is 0.890. The zero-order valence-corrected chi connectivity index (χ0v) is 39.0. The Morgan fingerprint density at radius 3 is 1.12 bits per heavy atom. The Bertz CT molecular complexity index is 4010. The van der Waals surface area contributed by atoms with E-state index in [0.717, 1.165) is 90.1 Å². The van der Waals surface area contributed by atoms with Crippen LogP contribution in [0.1, 0.15) is 0 Å². The van der Waals surface area contributed by atoms with Gasteiger partial charge >= 0.3 is 0 Å². The summed E-state index contributed by atoms with van der Waals surface area (Å²) in [5.41, 5.74) is 17.7. The molecule has 0 aliphatic carbocycles. The minimum atomic E-state index is -0.126. The van der Waals surface area contributed by atoms with Gasteiger partial charge in [-0.3, -0.25) is 0 Å². The van der Waals surface area contributed by atoms with E-state index in [1.807, 2.05) is 0 Å². The monoisotopic (exact) mass is 919 g/mol. The fourth-order valence-corrected chi connectivity index (χ4v) is 11.6. The number of aromatic nitrogens is 2. The van der Waals surface area contributed by atoms with E-state index < -0.39 is 0 Å². The quantitative estimate of drug-likeness (QED) is 0.149. The molecule has 0 spiro atoms. The molecule has 2 aliphatic heterocycles. The molecule has 4 heterocycles. The van der Waals surface area contributed by atoms with Gasteiger partial charge in [-0.2, -0.15) is 0 Å². The Hall–Kier alpha value is -9.52. The Labute approximate surface area is 416 Å². The number of anilines is 3. The lowest BCUT2D eigenvalue weighted by molar-refractivity contribution is 0.465. The molecule has 0 radical (unpaired) electrons. The fraction of sp³-hybridized carbons (Fsp3) is 0. The zero-order chi connectivity index (χ0) is 47.3. The average molecular weight is 920 g/mol. The van der Waals surface area contributed by atoms with Crippen molar-refractivity contribution in [2.24, 2.45) is 0 Å². The number of hydrogen-bond donors (Lipinski definition) is 0. The number of fused-ring (bicyclic) bond motifs is 10. The number of nitrogens with zero attached hydrogens (tertiary/aromatic N) is 3. The van der Waals surface area contributed by atoms with Crippen LogP contribution in [-0.4, -0.2) is 15.8 Å². The van der Waals surface area contributed by atoms with Gasteiger partial charge in [-0.1, -0.05) is 146 Å². The molecule has 336 valence electrons. The first-order valence-electron chi connectivity index (χ1n) is 24.6. The van der Waals surface area contributed by atoms with Crippen LogP contribution in [-0.2, 0) is 0 Å². The normalized spacial score (nSPS) is 12.4. The van der Waals surface area contributed by atoms with Crippen molar-refractivity contribution in [2.45, 2.75) is 0 Å². The van der Waals surface area contributed by atoms with Crippen LogP contribution in [0.4, 0.5) is 17.1 Å². The molecular formula is C66H42BN3O2. The Morgan fingerprint density at radius 2 is 0.667 bits per heavy atom. The third-order valence-corrected chi connectivity index (χ3v) is 14.8. The molecule has 0 atom stereocenters. The molecule has 0 unspecified atom stereocenters. The predicted octanol–water partition coefficient (Wildman–Crippen LogP) is 15.4. The highest BCUT2D eigenvalue weighted by Gasteiger charge is 2.41. The molecule has 0 N–H and O–H groups in total. The van der Waals surface area contributed by atoms with Crippen LogP contribution in [0.3, 0.4) is 0 Å². The van der Waals surface area contributed by atoms with E-state index in [2.05, 4.69) is 269 Å². The van der Waals surface area contributed by atoms with E-state index in [9.17, 15) is 0 Å². The van der Waals surface area contributed by atoms with Crippen molar-refractivity contribution in [3.05, 3.63) is 255 Å². The summed E-state index contributed by atoms with van der Waals surface area (Å²) in [7, 11) is 0. The SMILES string of the molecule is c1ccc(N(c2ccccc2)c2cc3c4c(c2)Oc2cc(-c5ccc6c(c5)c5ccccc5n6-c5ccccc5)ccc2B4c2ccc(-c4ccc5c(c4)c4ccccc4n5-c4ccccc4)cc2O3)cc1. The standard InChI is InChI=1S/C66H42BN3O2/c1-5-17-47(18-6-1)68(48-19-7-2-8-20-48)51-41-64-66-65(42-51)72-63-40-46(44-32-36-61-55(38-44)53-26-14-16-28-59(53)70(61)50-23-11-4-12-24-50)30-34-57(63)67(66)56-33-29-45(39-62(56)71-64)43-31-35-60-54(37-43)52-25-13-15-27-58(52)69(60)49-21-9-3-10-22-49/h1-42H. The summed E-state index contributed by atoms with van der Waals surface area (Å²) in [6.07, 6.45) is 0. The van der Waals surface area contributed by atoms with Crippen molar-refractivity contribution in [2.75, 3.05) is 4.90 Å². The van der Waals surface area contributed by atoms with Gasteiger partial charge in [-0.25, -0.2) is 0 Å². The maximum Gasteiger partial charge on any atom is 0.260 e. The summed E-state index contributed by atoms with van der Waals surface area (Å²) < 4.78 is 19.1. The highest BCUT2D eigenvalue weighted by Crippen LogP contribution is 2.45. The maximum absolute atomic E-state index is 7.17. The van der Waals surface area contributed by atoms with Crippen LogP contribution in [0.15, 0.2) is 255 Å². The van der Waals surface area contributed by atoms with Crippen LogP contribution < -0.4 is 30.8 Å². The van der Waals surface area contributed by atoms with E-state index in [1.165, 1.54) is 43.6 Å². The van der Waals surface area contributed by atoms with Gasteiger partial charge in [0.05, 0.1) is 27.8 Å². The summed E-state index contributed by atoms with van der Waals surface area (Å²) >= 11 is 0. The number of para-hydroxylation sites is 6. The molecule has 0 fully saturated rings. The highest BCUT2D eigenvalue weighted by atomic mass is 16.5. The minimum Gasteiger partial charge on any atom is -0.458 e. The summed E-state index contributed by atoms with van der Waals surface area (Å²) in [5.74, 6) is 3.24. The molecular weight excluding hydrogens is 878 g/mol. The molecule has 0 saturated carbocycles. The fourth-order valence-electron chi connectivity index (χ4n) is 11.6. The summed E-state index contributed by atoms with van der Waals surface area (Å²) in [6, 6.07) is 91.3. The molecule has 15 rings (SSSR count). The zero-order valence-electron chi connectivity index (χ0n) is 39.0. The van der Waals surface area contributed by atoms with Gasteiger partial charge in [0.2, 0.25) is 0 Å². The maximum atomic E-state index is 7.17. The van der Waals surface area contributed by atoms with Crippen LogP contribution in [0, 0.1) is 0 Å². The molecule has 72 heavy (non-hydrogen) atoms. The third-order valence-electron chi connectivity index (χ3n) is 14.8. The first kappa shape index (κ1) is 40.4. The summed E-state index contributed by atoms with van der Waals surface area (Å²) in [6.45, 7) is -0.126. The second kappa shape index (κ2) is 16.0. The number of rotatable bonds is 7. The number of ether oxygens (including phenoxy) is 2. The second-order valence-electron chi connectivity index (χ2n) is 18.8. The lowest BCUT2D eigenvalue weighted by Crippen LogP contribution is -2.57. The van der Waals surface area contributed by atoms with E-state index in [0.29, 0.717) is 0 Å². The van der Waals surface area contributed by atoms with E-state index >= 15 is 0 Å². The van der Waals surface area contributed by atoms with Crippen molar-refractivity contribution in [3.8, 4) is 56.6 Å². The molecule has 0 saturated heterocycles. The molecule has 0 bridgehead atoms. The van der Waals surface area contributed by atoms with Gasteiger partial charge in [0.15, 0.2) is 0 Å². The van der Waals surface area contributed by atoms with Crippen LogP contribution in [0.25, 0.3) is 77.2 Å². The molecule has 11 aromatic carbocycles. The van der Waals surface area contributed by atoms with E-state index in [-0.39, 0.29) is 6.71 Å². The first-order chi connectivity index (χ1) is 35.7. The number of hydrogen-bond acceptors (Lipinski definition) is 3. The van der Waals surface area contributed by atoms with Crippen LogP contribution in [0.5, 0.6) is 23.0 Å². The summed E-state index contributed by atoms with van der Waals surface area (Å²) in [5, 5.41) is 4.87. The molecule has 5 nitrogen and oxygen atoms in total. The Morgan fingerprint density at radius 1 is 0.292 bits per heavy atom. The first-order valence-corrected chi connectivity index (χ1v) is 24.6. The van der Waals surface area contributed by atoms with Gasteiger partial charge in [0, 0.05) is 61.9 Å². The molecule has 13 aromatic rings. The third kappa shape index (κ3) is 6.29. The lowest BCUT2D eigenvalue weighted by Gasteiger charge is -2.35. The molecule has 2 aromatic heterocycles. The van der Waals surface area contributed by atoms with Gasteiger partial charge in [-0.05, 0) is 130 Å². The smallest absolute Gasteiger partial charge is 0.260 e. The van der Waals surface area contributed by atoms with Gasteiger partial charge in [-0.15, -0.1) is 0 Å². The van der Waals surface area contributed by atoms with Crippen molar-refractivity contribution in [1.82, 2.24) is 9.13 Å². The van der Waals surface area contributed by atoms with Gasteiger partial charge in [0.1, 0.15) is 23.0 Å². The molecule has 2 aliphatic rings. The van der Waals surface area contributed by atoms with Crippen molar-refractivity contribution < 1.29 is 9.47 Å². The topological polar surface area (TPSA) is 31.6 Å². The second-order valence-corrected chi connectivity index (χ2v) is 18.8. The van der Waals surface area contributed by atoms with Crippen molar-refractivity contribution in [3.63, 3.8) is 0 Å². The Kier molecular flexibility index (Phi) is 8.99. The van der Waals surface area contributed by atoms with Crippen molar-refractivity contribution >= 4 is 83.8 Å². The highest BCUT2D eigenvalue weighted by molar-refractivity contribution is 6.98.